The van der Waals surface area contributed by atoms with Crippen molar-refractivity contribution in [1.29, 1.82) is 0 Å². The second-order valence-corrected chi connectivity index (χ2v) is 11.8. The van der Waals surface area contributed by atoms with Gasteiger partial charge in [0.05, 0.1) is 48.4 Å². The van der Waals surface area contributed by atoms with Gasteiger partial charge in [-0.25, -0.2) is 14.5 Å². The first kappa shape index (κ1) is 32.2. The van der Waals surface area contributed by atoms with E-state index in [4.69, 9.17) is 24.0 Å². The number of carbonyl (C=O) groups is 2. The van der Waals surface area contributed by atoms with Crippen LogP contribution in [0.25, 0.3) is 23.0 Å². The SMILES string of the molecule is CCOc1ccc(-c2nn(-c3ccccc3)cc2/C=c2/sc3n(c2=O)[C@H](c2ccc(OC(C)=O)c(OC)c2)C(C(=O)OC)=C(C)N=3)cc1. The highest BCUT2D eigenvalue weighted by Gasteiger charge is 2.34. The van der Waals surface area contributed by atoms with Crippen molar-refractivity contribution in [2.75, 3.05) is 20.8 Å². The molecule has 11 nitrogen and oxygen atoms in total. The summed E-state index contributed by atoms with van der Waals surface area (Å²) in [6.07, 6.45) is 3.67. The molecule has 0 fully saturated rings. The molecule has 0 bridgehead atoms. The molecule has 5 aromatic rings. The van der Waals surface area contributed by atoms with E-state index in [1.54, 1.807) is 35.9 Å². The van der Waals surface area contributed by atoms with Crippen LogP contribution in [0, 0.1) is 0 Å². The lowest BCUT2D eigenvalue weighted by Gasteiger charge is -2.25. The van der Waals surface area contributed by atoms with Crippen LogP contribution in [-0.4, -0.2) is 47.1 Å². The van der Waals surface area contributed by atoms with Crippen LogP contribution in [0.3, 0.4) is 0 Å². The fraction of sp³-hybridized carbons (Fsp3) is 0.194. The van der Waals surface area contributed by atoms with E-state index < -0.39 is 18.0 Å². The molecular weight excluding hydrogens is 632 g/mol. The van der Waals surface area contributed by atoms with Crippen LogP contribution < -0.4 is 29.1 Å². The molecule has 12 heteroatoms. The zero-order chi connectivity index (χ0) is 33.9. The van der Waals surface area contributed by atoms with E-state index in [0.717, 1.165) is 17.0 Å². The highest BCUT2D eigenvalue weighted by atomic mass is 32.1. The molecule has 3 heterocycles. The number of hydrogen-bond acceptors (Lipinski definition) is 10. The largest absolute Gasteiger partial charge is 0.494 e. The molecule has 1 atom stereocenters. The van der Waals surface area contributed by atoms with E-state index >= 15 is 0 Å². The van der Waals surface area contributed by atoms with Crippen molar-refractivity contribution in [3.05, 3.63) is 121 Å². The highest BCUT2D eigenvalue weighted by Crippen LogP contribution is 2.36. The van der Waals surface area contributed by atoms with Gasteiger partial charge in [-0.15, -0.1) is 0 Å². The first-order chi connectivity index (χ1) is 23.2. The third-order valence-electron chi connectivity index (χ3n) is 7.67. The maximum atomic E-state index is 14.3. The van der Waals surface area contributed by atoms with Crippen molar-refractivity contribution in [3.63, 3.8) is 0 Å². The van der Waals surface area contributed by atoms with Crippen LogP contribution in [0.15, 0.2) is 100 Å². The number of esters is 2. The summed E-state index contributed by atoms with van der Waals surface area (Å²) in [6.45, 7) is 5.47. The summed E-state index contributed by atoms with van der Waals surface area (Å²) in [5.74, 6) is 0.0735. The number of aromatic nitrogens is 3. The molecule has 244 valence electrons. The van der Waals surface area contributed by atoms with E-state index in [0.29, 0.717) is 38.5 Å². The number of para-hydroxylation sites is 1. The molecule has 2 aromatic heterocycles. The standard InChI is InChI=1S/C36H32N4O7S/c1-6-46-27-15-12-23(13-16-27)32-25(20-39(38-32)26-10-8-7-9-11-26)19-30-34(42)40-33(31(35(43)45-5)21(2)37-36(40)48-30)24-14-17-28(47-22(3)41)29(18-24)44-4/h7-20,33H,6H2,1-5H3/b30-19+/t33-/m1/s1. The topological polar surface area (TPSA) is 123 Å². The second kappa shape index (κ2) is 13.5. The quantitative estimate of drug-likeness (QED) is 0.166. The molecule has 0 unspecified atom stereocenters. The zero-order valence-electron chi connectivity index (χ0n) is 26.9. The van der Waals surface area contributed by atoms with Gasteiger partial charge in [0, 0.05) is 24.2 Å². The molecule has 3 aromatic carbocycles. The summed E-state index contributed by atoms with van der Waals surface area (Å²) in [7, 11) is 2.72. The van der Waals surface area contributed by atoms with E-state index in [1.807, 2.05) is 67.7 Å². The van der Waals surface area contributed by atoms with Gasteiger partial charge in [-0.05, 0) is 74.0 Å². The Kier molecular flexibility index (Phi) is 9.08. The predicted octanol–water partition coefficient (Wildman–Crippen LogP) is 4.59. The maximum absolute atomic E-state index is 14.3. The Morgan fingerprint density at radius 3 is 2.42 bits per heavy atom. The summed E-state index contributed by atoms with van der Waals surface area (Å²) >= 11 is 1.20. The number of carbonyl (C=O) groups excluding carboxylic acids is 2. The van der Waals surface area contributed by atoms with Gasteiger partial charge in [-0.3, -0.25) is 14.2 Å². The van der Waals surface area contributed by atoms with Crippen LogP contribution in [0.1, 0.15) is 37.9 Å². The van der Waals surface area contributed by atoms with E-state index in [-0.39, 0.29) is 22.6 Å². The normalized spacial score (nSPS) is 14.3. The zero-order valence-corrected chi connectivity index (χ0v) is 27.7. The molecule has 1 aliphatic rings. The van der Waals surface area contributed by atoms with Gasteiger partial charge in [0.15, 0.2) is 16.3 Å². The molecule has 48 heavy (non-hydrogen) atoms. The lowest BCUT2D eigenvalue weighted by atomic mass is 9.95. The number of ether oxygens (including phenoxy) is 4. The van der Waals surface area contributed by atoms with Gasteiger partial charge in [0.1, 0.15) is 11.4 Å². The molecule has 6 rings (SSSR count). The molecule has 0 amide bonds. The number of benzene rings is 3. The lowest BCUT2D eigenvalue weighted by Crippen LogP contribution is -2.39. The van der Waals surface area contributed by atoms with Gasteiger partial charge < -0.3 is 18.9 Å². The summed E-state index contributed by atoms with van der Waals surface area (Å²) in [4.78, 5) is 44.2. The third-order valence-corrected chi connectivity index (χ3v) is 8.66. The van der Waals surface area contributed by atoms with Crippen LogP contribution in [0.4, 0.5) is 0 Å². The average molecular weight is 665 g/mol. The van der Waals surface area contributed by atoms with Crippen LogP contribution in [0.5, 0.6) is 17.2 Å². The summed E-state index contributed by atoms with van der Waals surface area (Å²) < 4.78 is 25.2. The Labute approximate surface area is 279 Å². The third kappa shape index (κ3) is 6.17. The Hall–Kier alpha value is -5.75. The van der Waals surface area contributed by atoms with E-state index in [9.17, 15) is 14.4 Å². The van der Waals surface area contributed by atoms with Gasteiger partial charge in [0.25, 0.3) is 5.56 Å². The molecule has 0 radical (unpaired) electrons. The smallest absolute Gasteiger partial charge is 0.338 e. The molecule has 0 N–H and O–H groups in total. The minimum absolute atomic E-state index is 0.200. The number of rotatable bonds is 9. The molecule has 0 aliphatic carbocycles. The number of hydrogen-bond donors (Lipinski definition) is 0. The van der Waals surface area contributed by atoms with Gasteiger partial charge in [-0.1, -0.05) is 35.6 Å². The molecular formula is C36H32N4O7S. The Morgan fingerprint density at radius 2 is 1.75 bits per heavy atom. The van der Waals surface area contributed by atoms with Crippen LogP contribution in [0.2, 0.25) is 0 Å². The minimum atomic E-state index is -0.895. The Morgan fingerprint density at radius 1 is 1.00 bits per heavy atom. The van der Waals surface area contributed by atoms with E-state index in [2.05, 4.69) is 4.99 Å². The summed E-state index contributed by atoms with van der Waals surface area (Å²) in [5.41, 5.74) is 3.87. The Bertz CT molecular complexity index is 2230. The summed E-state index contributed by atoms with van der Waals surface area (Å²) in [5, 5.41) is 4.90. The number of thiazole rings is 1. The lowest BCUT2D eigenvalue weighted by molar-refractivity contribution is -0.136. The first-order valence-electron chi connectivity index (χ1n) is 15.1. The molecule has 0 spiro atoms. The van der Waals surface area contributed by atoms with Crippen molar-refractivity contribution in [2.24, 2.45) is 4.99 Å². The monoisotopic (exact) mass is 664 g/mol. The first-order valence-corrected chi connectivity index (χ1v) is 15.9. The summed E-state index contributed by atoms with van der Waals surface area (Å²) in [6, 6.07) is 21.3. The van der Waals surface area contributed by atoms with Gasteiger partial charge >= 0.3 is 11.9 Å². The van der Waals surface area contributed by atoms with E-state index in [1.165, 1.54) is 37.0 Å². The van der Waals surface area contributed by atoms with Crippen LogP contribution in [-0.2, 0) is 14.3 Å². The second-order valence-electron chi connectivity index (χ2n) is 10.7. The van der Waals surface area contributed by atoms with Gasteiger partial charge in [0.2, 0.25) is 0 Å². The van der Waals surface area contributed by atoms with Crippen molar-refractivity contribution in [1.82, 2.24) is 14.3 Å². The average Bonchev–Trinajstić information content (AvgIpc) is 3.65. The number of allylic oxidation sites excluding steroid dienone is 1. The molecule has 0 saturated heterocycles. The maximum Gasteiger partial charge on any atom is 0.338 e. The fourth-order valence-electron chi connectivity index (χ4n) is 5.55. The van der Waals surface area contributed by atoms with Crippen molar-refractivity contribution < 1.29 is 28.5 Å². The highest BCUT2D eigenvalue weighted by molar-refractivity contribution is 7.07. The number of fused-ring (bicyclic) bond motifs is 1. The van der Waals surface area contributed by atoms with Crippen molar-refractivity contribution >= 4 is 29.4 Å². The predicted molar refractivity (Wildman–Crippen MR) is 180 cm³/mol. The molecule has 0 saturated carbocycles. The molecule has 1 aliphatic heterocycles. The van der Waals surface area contributed by atoms with Gasteiger partial charge in [-0.2, -0.15) is 5.10 Å². The van der Waals surface area contributed by atoms with Crippen molar-refractivity contribution in [3.8, 4) is 34.2 Å². The Balaban J connectivity index is 1.54. The number of nitrogens with zero attached hydrogens (tertiary/aromatic N) is 4. The van der Waals surface area contributed by atoms with Crippen molar-refractivity contribution in [2.45, 2.75) is 26.8 Å². The minimum Gasteiger partial charge on any atom is -0.494 e. The van der Waals surface area contributed by atoms with Crippen LogP contribution >= 0.6 is 11.3 Å². The number of methoxy groups -OCH3 is 2. The fourth-order valence-corrected chi connectivity index (χ4v) is 6.59.